The summed E-state index contributed by atoms with van der Waals surface area (Å²) in [4.78, 5) is 17.8. The van der Waals surface area contributed by atoms with Crippen LogP contribution >= 0.6 is 0 Å². The van der Waals surface area contributed by atoms with E-state index in [0.29, 0.717) is 6.04 Å². The molecule has 3 rings (SSSR count). The highest BCUT2D eigenvalue weighted by Gasteiger charge is 2.24. The maximum atomic E-state index is 12.9. The standard InChI is InChI=1S/C21H31N3O2/c1-22-12-9-19(10-13-22)24(11-6-14-26-3)16-18-15-17-7-4-5-8-20(17)23(2)21(18)25/h4-5,7-8,15,19H,6,9-14,16H2,1-3H3. The Hall–Kier alpha value is -1.69. The SMILES string of the molecule is COCCCN(Cc1cc2ccccc2n(C)c1=O)C1CCN(C)CC1. The van der Waals surface area contributed by atoms with Gasteiger partial charge in [-0.05, 0) is 56.9 Å². The molecule has 1 aromatic carbocycles. The number of rotatable bonds is 7. The second-order valence-electron chi connectivity index (χ2n) is 7.44. The number of aromatic nitrogens is 1. The first-order chi connectivity index (χ1) is 12.6. The van der Waals surface area contributed by atoms with E-state index in [2.05, 4.69) is 29.0 Å². The number of methoxy groups -OCH3 is 1. The average molecular weight is 357 g/mol. The summed E-state index contributed by atoms with van der Waals surface area (Å²) in [6.07, 6.45) is 3.32. The number of pyridine rings is 1. The quantitative estimate of drug-likeness (QED) is 0.714. The van der Waals surface area contributed by atoms with Crippen LogP contribution in [0.25, 0.3) is 10.9 Å². The molecule has 5 heteroatoms. The molecule has 1 saturated heterocycles. The molecule has 0 radical (unpaired) electrons. The van der Waals surface area contributed by atoms with E-state index in [9.17, 15) is 4.79 Å². The normalized spacial score (nSPS) is 16.6. The highest BCUT2D eigenvalue weighted by atomic mass is 16.5. The number of likely N-dealkylation sites (tertiary alicyclic amines) is 1. The summed E-state index contributed by atoms with van der Waals surface area (Å²) < 4.78 is 7.03. The summed E-state index contributed by atoms with van der Waals surface area (Å²) in [5, 5.41) is 1.13. The molecule has 5 nitrogen and oxygen atoms in total. The van der Waals surface area contributed by atoms with Crippen molar-refractivity contribution in [2.75, 3.05) is 40.4 Å². The number of para-hydroxylation sites is 1. The molecule has 0 amide bonds. The molecule has 0 saturated carbocycles. The second-order valence-corrected chi connectivity index (χ2v) is 7.44. The van der Waals surface area contributed by atoms with E-state index < -0.39 is 0 Å². The van der Waals surface area contributed by atoms with Gasteiger partial charge in [-0.25, -0.2) is 0 Å². The largest absolute Gasteiger partial charge is 0.385 e. The maximum Gasteiger partial charge on any atom is 0.255 e. The van der Waals surface area contributed by atoms with Crippen LogP contribution in [0.15, 0.2) is 35.1 Å². The molecule has 2 aromatic rings. The van der Waals surface area contributed by atoms with Crippen LogP contribution in [0.1, 0.15) is 24.8 Å². The molecular weight excluding hydrogens is 326 g/mol. The molecule has 0 bridgehead atoms. The van der Waals surface area contributed by atoms with Gasteiger partial charge in [0.05, 0.1) is 5.52 Å². The monoisotopic (exact) mass is 357 g/mol. The summed E-state index contributed by atoms with van der Waals surface area (Å²) >= 11 is 0. The van der Waals surface area contributed by atoms with E-state index in [4.69, 9.17) is 4.74 Å². The zero-order chi connectivity index (χ0) is 18.5. The summed E-state index contributed by atoms with van der Waals surface area (Å²) in [5.41, 5.74) is 2.00. The maximum absolute atomic E-state index is 12.9. The van der Waals surface area contributed by atoms with Crippen LogP contribution in [0.4, 0.5) is 0 Å². The molecule has 26 heavy (non-hydrogen) atoms. The van der Waals surface area contributed by atoms with Gasteiger partial charge in [-0.3, -0.25) is 9.69 Å². The predicted molar refractivity (Wildman–Crippen MR) is 107 cm³/mol. The molecule has 0 spiro atoms. The molecule has 1 fully saturated rings. The molecule has 0 unspecified atom stereocenters. The number of hydrogen-bond donors (Lipinski definition) is 0. The molecule has 0 atom stereocenters. The number of hydrogen-bond acceptors (Lipinski definition) is 4. The van der Waals surface area contributed by atoms with Crippen LogP contribution < -0.4 is 5.56 Å². The fourth-order valence-corrected chi connectivity index (χ4v) is 3.98. The van der Waals surface area contributed by atoms with E-state index in [-0.39, 0.29) is 5.56 Å². The molecule has 0 aliphatic carbocycles. The van der Waals surface area contributed by atoms with Gasteiger partial charge in [0.2, 0.25) is 0 Å². The molecule has 142 valence electrons. The van der Waals surface area contributed by atoms with Gasteiger partial charge >= 0.3 is 0 Å². The Morgan fingerprint density at radius 2 is 1.92 bits per heavy atom. The van der Waals surface area contributed by atoms with E-state index >= 15 is 0 Å². The fraction of sp³-hybridized carbons (Fsp3) is 0.571. The third kappa shape index (κ3) is 4.34. The van der Waals surface area contributed by atoms with Gasteiger partial charge in [-0.15, -0.1) is 0 Å². The lowest BCUT2D eigenvalue weighted by Crippen LogP contribution is -2.44. The molecule has 0 N–H and O–H groups in total. The number of nitrogens with zero attached hydrogens (tertiary/aromatic N) is 3. The minimum absolute atomic E-state index is 0.119. The lowest BCUT2D eigenvalue weighted by atomic mass is 10.0. The highest BCUT2D eigenvalue weighted by Crippen LogP contribution is 2.19. The topological polar surface area (TPSA) is 37.7 Å². The molecule has 1 aromatic heterocycles. The minimum Gasteiger partial charge on any atom is -0.385 e. The van der Waals surface area contributed by atoms with E-state index in [1.807, 2.05) is 25.2 Å². The van der Waals surface area contributed by atoms with E-state index in [1.165, 1.54) is 0 Å². The average Bonchev–Trinajstić information content (AvgIpc) is 2.66. The third-order valence-electron chi connectivity index (χ3n) is 5.58. The first kappa shape index (κ1) is 19.1. The van der Waals surface area contributed by atoms with Crippen LogP contribution in [0, 0.1) is 0 Å². The Balaban J connectivity index is 1.84. The first-order valence-electron chi connectivity index (χ1n) is 9.59. The van der Waals surface area contributed by atoms with Crippen LogP contribution in [0.3, 0.4) is 0 Å². The van der Waals surface area contributed by atoms with Crippen molar-refractivity contribution in [3.8, 4) is 0 Å². The minimum atomic E-state index is 0.119. The van der Waals surface area contributed by atoms with Crippen molar-refractivity contribution in [3.63, 3.8) is 0 Å². The van der Waals surface area contributed by atoms with Crippen LogP contribution in [0.5, 0.6) is 0 Å². The van der Waals surface area contributed by atoms with Gasteiger partial charge in [0.25, 0.3) is 5.56 Å². The summed E-state index contributed by atoms with van der Waals surface area (Å²) in [6, 6.07) is 10.7. The van der Waals surface area contributed by atoms with Gasteiger partial charge in [0.1, 0.15) is 0 Å². The van der Waals surface area contributed by atoms with Crippen molar-refractivity contribution in [1.29, 1.82) is 0 Å². The smallest absolute Gasteiger partial charge is 0.255 e. The molecule has 1 aliphatic rings. The number of fused-ring (bicyclic) bond motifs is 1. The van der Waals surface area contributed by atoms with Crippen molar-refractivity contribution < 1.29 is 4.74 Å². The Bertz CT molecular complexity index is 778. The van der Waals surface area contributed by atoms with Crippen molar-refractivity contribution in [3.05, 3.63) is 46.2 Å². The van der Waals surface area contributed by atoms with Crippen molar-refractivity contribution in [2.24, 2.45) is 7.05 Å². The van der Waals surface area contributed by atoms with Gasteiger partial charge < -0.3 is 14.2 Å². The summed E-state index contributed by atoms with van der Waals surface area (Å²) in [6.45, 7) is 4.70. The lowest BCUT2D eigenvalue weighted by Gasteiger charge is -2.37. The first-order valence-corrected chi connectivity index (χ1v) is 9.59. The zero-order valence-corrected chi connectivity index (χ0v) is 16.3. The van der Waals surface area contributed by atoms with Crippen LogP contribution in [-0.4, -0.2) is 60.8 Å². The van der Waals surface area contributed by atoms with Gasteiger partial charge in [-0.1, -0.05) is 18.2 Å². The molecule has 1 aliphatic heterocycles. The number of ether oxygens (including phenoxy) is 1. The van der Waals surface area contributed by atoms with Crippen LogP contribution in [-0.2, 0) is 18.3 Å². The van der Waals surface area contributed by atoms with Crippen molar-refractivity contribution in [1.82, 2.24) is 14.4 Å². The Morgan fingerprint density at radius 3 is 2.65 bits per heavy atom. The third-order valence-corrected chi connectivity index (χ3v) is 5.58. The Labute approximate surface area is 156 Å². The predicted octanol–water partition coefficient (Wildman–Crippen LogP) is 2.47. The van der Waals surface area contributed by atoms with Gasteiger partial charge in [0, 0.05) is 45.5 Å². The van der Waals surface area contributed by atoms with Crippen molar-refractivity contribution >= 4 is 10.9 Å². The molecule has 2 heterocycles. The van der Waals surface area contributed by atoms with Gasteiger partial charge in [-0.2, -0.15) is 0 Å². The van der Waals surface area contributed by atoms with Crippen molar-refractivity contribution in [2.45, 2.75) is 31.8 Å². The number of aryl methyl sites for hydroxylation is 1. The highest BCUT2D eigenvalue weighted by molar-refractivity contribution is 5.79. The number of piperidine rings is 1. The number of benzene rings is 1. The summed E-state index contributed by atoms with van der Waals surface area (Å²) in [5.74, 6) is 0. The van der Waals surface area contributed by atoms with E-state index in [0.717, 1.165) is 68.5 Å². The van der Waals surface area contributed by atoms with Gasteiger partial charge in [0.15, 0.2) is 0 Å². The Kier molecular flexibility index (Phi) is 6.46. The lowest BCUT2D eigenvalue weighted by molar-refractivity contribution is 0.0996. The van der Waals surface area contributed by atoms with Crippen LogP contribution in [0.2, 0.25) is 0 Å². The zero-order valence-electron chi connectivity index (χ0n) is 16.3. The molecular formula is C21H31N3O2. The summed E-state index contributed by atoms with van der Waals surface area (Å²) in [7, 11) is 5.81. The Morgan fingerprint density at radius 1 is 1.19 bits per heavy atom. The second kappa shape index (κ2) is 8.80. The fourth-order valence-electron chi connectivity index (χ4n) is 3.98. The van der Waals surface area contributed by atoms with E-state index in [1.54, 1.807) is 11.7 Å².